The molecule has 0 spiro atoms. The molecular weight excluding hydrogens is 464 g/mol. The standard InChI is InChI=1S/C27H28N2O5S/c1-19-9-15-23(16-10-19)35(32,33)29-25(27(31)34-26(30)24-8-5-17-28-24)18-20-11-13-22(14-12-20)21-6-3-2-4-7-21/h2-4,6-7,9-16,24-25,28-29H,5,8,17-18H2,1H3/t24-,25-/m0/s1. The fourth-order valence-electron chi connectivity index (χ4n) is 3.97. The molecule has 0 aliphatic carbocycles. The third-order valence-electron chi connectivity index (χ3n) is 5.96. The molecule has 35 heavy (non-hydrogen) atoms. The number of carbonyl (C=O) groups excluding carboxylic acids is 2. The zero-order valence-corrected chi connectivity index (χ0v) is 20.3. The van der Waals surface area contributed by atoms with E-state index in [1.807, 2.05) is 61.5 Å². The van der Waals surface area contributed by atoms with E-state index in [4.69, 9.17) is 4.74 Å². The first-order chi connectivity index (χ1) is 16.8. The van der Waals surface area contributed by atoms with Gasteiger partial charge in [0.25, 0.3) is 0 Å². The Kier molecular flexibility index (Phi) is 7.75. The van der Waals surface area contributed by atoms with Crippen molar-refractivity contribution >= 4 is 22.0 Å². The van der Waals surface area contributed by atoms with Gasteiger partial charge in [-0.1, -0.05) is 72.3 Å². The van der Waals surface area contributed by atoms with Crippen molar-refractivity contribution < 1.29 is 22.7 Å². The summed E-state index contributed by atoms with van der Waals surface area (Å²) in [7, 11) is -4.03. The number of rotatable bonds is 8. The van der Waals surface area contributed by atoms with Gasteiger partial charge in [-0.15, -0.1) is 0 Å². The summed E-state index contributed by atoms with van der Waals surface area (Å²) in [5, 5.41) is 2.99. The van der Waals surface area contributed by atoms with Gasteiger partial charge in [0, 0.05) is 0 Å². The average Bonchev–Trinajstić information content (AvgIpc) is 3.40. The van der Waals surface area contributed by atoms with E-state index in [0.717, 1.165) is 28.7 Å². The third-order valence-corrected chi connectivity index (χ3v) is 7.45. The topological polar surface area (TPSA) is 102 Å². The van der Waals surface area contributed by atoms with Crippen LogP contribution in [0.2, 0.25) is 0 Å². The molecule has 1 fully saturated rings. The monoisotopic (exact) mass is 492 g/mol. The molecule has 0 aromatic heterocycles. The molecule has 2 N–H and O–H groups in total. The lowest BCUT2D eigenvalue weighted by atomic mass is 10.0. The molecule has 3 aromatic carbocycles. The van der Waals surface area contributed by atoms with E-state index in [-0.39, 0.29) is 11.3 Å². The van der Waals surface area contributed by atoms with Crippen molar-refractivity contribution in [2.45, 2.75) is 43.2 Å². The predicted molar refractivity (Wildman–Crippen MR) is 133 cm³/mol. The third kappa shape index (κ3) is 6.42. The van der Waals surface area contributed by atoms with E-state index in [1.165, 1.54) is 12.1 Å². The van der Waals surface area contributed by atoms with Crippen molar-refractivity contribution in [1.82, 2.24) is 10.0 Å². The Morgan fingerprint density at radius 3 is 2.26 bits per heavy atom. The van der Waals surface area contributed by atoms with Gasteiger partial charge in [0.1, 0.15) is 12.1 Å². The molecular formula is C27H28N2O5S. The molecule has 1 aliphatic heterocycles. The summed E-state index contributed by atoms with van der Waals surface area (Å²) in [6.45, 7) is 2.52. The molecule has 2 atom stereocenters. The van der Waals surface area contributed by atoms with E-state index in [9.17, 15) is 18.0 Å². The van der Waals surface area contributed by atoms with E-state index in [0.29, 0.717) is 13.0 Å². The lowest BCUT2D eigenvalue weighted by Crippen LogP contribution is -2.45. The number of aryl methyl sites for hydroxylation is 1. The average molecular weight is 493 g/mol. The van der Waals surface area contributed by atoms with E-state index < -0.39 is 34.0 Å². The lowest BCUT2D eigenvalue weighted by Gasteiger charge is -2.19. The highest BCUT2D eigenvalue weighted by Crippen LogP contribution is 2.20. The number of esters is 2. The first kappa shape index (κ1) is 24.8. The molecule has 0 unspecified atom stereocenters. The number of benzene rings is 3. The highest BCUT2D eigenvalue weighted by Gasteiger charge is 2.32. The van der Waals surface area contributed by atoms with Gasteiger partial charge in [-0.2, -0.15) is 4.72 Å². The number of hydrogen-bond donors (Lipinski definition) is 2. The Hall–Kier alpha value is -3.33. The van der Waals surface area contributed by atoms with Gasteiger partial charge < -0.3 is 10.1 Å². The van der Waals surface area contributed by atoms with Crippen LogP contribution in [-0.2, 0) is 30.8 Å². The van der Waals surface area contributed by atoms with Gasteiger partial charge in [-0.25, -0.2) is 18.0 Å². The number of nitrogens with one attached hydrogen (secondary N) is 2. The second-order valence-electron chi connectivity index (χ2n) is 8.64. The van der Waals surface area contributed by atoms with Gasteiger partial charge >= 0.3 is 11.9 Å². The largest absolute Gasteiger partial charge is 0.391 e. The maximum atomic E-state index is 13.0. The molecule has 0 amide bonds. The molecule has 182 valence electrons. The van der Waals surface area contributed by atoms with Crippen molar-refractivity contribution in [1.29, 1.82) is 0 Å². The molecule has 0 bridgehead atoms. The zero-order valence-electron chi connectivity index (χ0n) is 19.4. The number of sulfonamides is 1. The van der Waals surface area contributed by atoms with Gasteiger partial charge in [0.15, 0.2) is 0 Å². The SMILES string of the molecule is Cc1ccc(S(=O)(=O)N[C@@H](Cc2ccc(-c3ccccc3)cc2)C(=O)OC(=O)[C@@H]2CCCN2)cc1. The molecule has 3 aromatic rings. The van der Waals surface area contributed by atoms with Crippen LogP contribution in [0.5, 0.6) is 0 Å². The van der Waals surface area contributed by atoms with Gasteiger partial charge in [0.2, 0.25) is 10.0 Å². The van der Waals surface area contributed by atoms with Crippen LogP contribution in [0.15, 0.2) is 83.8 Å². The molecule has 1 saturated heterocycles. The van der Waals surface area contributed by atoms with E-state index in [1.54, 1.807) is 12.1 Å². The van der Waals surface area contributed by atoms with E-state index >= 15 is 0 Å². The number of ether oxygens (including phenoxy) is 1. The molecule has 4 rings (SSSR count). The Morgan fingerprint density at radius 1 is 0.971 bits per heavy atom. The van der Waals surface area contributed by atoms with Crippen LogP contribution in [0.4, 0.5) is 0 Å². The van der Waals surface area contributed by atoms with Crippen molar-refractivity contribution in [3.8, 4) is 11.1 Å². The first-order valence-electron chi connectivity index (χ1n) is 11.5. The van der Waals surface area contributed by atoms with Crippen LogP contribution in [0.3, 0.4) is 0 Å². The van der Waals surface area contributed by atoms with Crippen LogP contribution in [0, 0.1) is 6.92 Å². The second-order valence-corrected chi connectivity index (χ2v) is 10.4. The van der Waals surface area contributed by atoms with Crippen molar-refractivity contribution in [3.63, 3.8) is 0 Å². The minimum absolute atomic E-state index is 0.0316. The van der Waals surface area contributed by atoms with Crippen molar-refractivity contribution in [2.24, 2.45) is 0 Å². The minimum atomic E-state index is -4.03. The van der Waals surface area contributed by atoms with Crippen LogP contribution >= 0.6 is 0 Å². The summed E-state index contributed by atoms with van der Waals surface area (Å²) in [5.41, 5.74) is 3.68. The summed E-state index contributed by atoms with van der Waals surface area (Å²) in [5.74, 6) is -1.61. The number of carbonyl (C=O) groups is 2. The van der Waals surface area contributed by atoms with Crippen LogP contribution in [0.25, 0.3) is 11.1 Å². The summed E-state index contributed by atoms with van der Waals surface area (Å²) in [6.07, 6.45) is 1.42. The molecule has 0 saturated carbocycles. The predicted octanol–water partition coefficient (Wildman–Crippen LogP) is 3.37. The first-order valence-corrected chi connectivity index (χ1v) is 13.0. The maximum absolute atomic E-state index is 13.0. The fourth-order valence-corrected chi connectivity index (χ4v) is 5.16. The Morgan fingerprint density at radius 2 is 1.63 bits per heavy atom. The van der Waals surface area contributed by atoms with Crippen LogP contribution in [-0.4, -0.2) is 39.0 Å². The molecule has 7 nitrogen and oxygen atoms in total. The highest BCUT2D eigenvalue weighted by molar-refractivity contribution is 7.89. The van der Waals surface area contributed by atoms with Crippen molar-refractivity contribution in [3.05, 3.63) is 90.0 Å². The molecule has 1 aliphatic rings. The quantitative estimate of drug-likeness (QED) is 0.369. The van der Waals surface area contributed by atoms with Gasteiger partial charge in [-0.3, -0.25) is 0 Å². The molecule has 0 radical (unpaired) electrons. The fraction of sp³-hybridized carbons (Fsp3) is 0.259. The summed E-state index contributed by atoms with van der Waals surface area (Å²) in [6, 6.07) is 21.8. The summed E-state index contributed by atoms with van der Waals surface area (Å²) >= 11 is 0. The number of hydrogen-bond acceptors (Lipinski definition) is 6. The Balaban J connectivity index is 1.54. The van der Waals surface area contributed by atoms with Crippen molar-refractivity contribution in [2.75, 3.05) is 6.54 Å². The Labute approximate surface area is 205 Å². The normalized spacial score (nSPS) is 16.5. The summed E-state index contributed by atoms with van der Waals surface area (Å²) < 4.78 is 33.6. The lowest BCUT2D eigenvalue weighted by molar-refractivity contribution is -0.162. The van der Waals surface area contributed by atoms with Gasteiger partial charge in [0.05, 0.1) is 4.90 Å². The molecule has 8 heteroatoms. The second kappa shape index (κ2) is 10.9. The van der Waals surface area contributed by atoms with Crippen LogP contribution in [0.1, 0.15) is 24.0 Å². The minimum Gasteiger partial charge on any atom is -0.391 e. The Bertz CT molecular complexity index is 1270. The van der Waals surface area contributed by atoms with Crippen LogP contribution < -0.4 is 10.0 Å². The zero-order chi connectivity index (χ0) is 24.8. The van der Waals surface area contributed by atoms with Gasteiger partial charge in [-0.05, 0) is 61.6 Å². The maximum Gasteiger partial charge on any atom is 0.332 e. The smallest absolute Gasteiger partial charge is 0.332 e. The van der Waals surface area contributed by atoms with E-state index in [2.05, 4.69) is 10.0 Å². The molecule has 1 heterocycles. The highest BCUT2D eigenvalue weighted by atomic mass is 32.2. The summed E-state index contributed by atoms with van der Waals surface area (Å²) in [4.78, 5) is 25.4.